The minimum Gasteiger partial charge on any atom is -0.383 e. The molecule has 2 N–H and O–H groups in total. The van der Waals surface area contributed by atoms with E-state index in [4.69, 9.17) is 0 Å². The molecule has 0 aliphatic heterocycles. The average Bonchev–Trinajstić information content (AvgIpc) is 2.51. The van der Waals surface area contributed by atoms with Crippen molar-refractivity contribution in [2.75, 3.05) is 10.0 Å². The van der Waals surface area contributed by atoms with E-state index in [9.17, 15) is 8.42 Å². The third-order valence-corrected chi connectivity index (χ3v) is 5.33. The zero-order valence-electron chi connectivity index (χ0n) is 14.1. The molecule has 2 aromatic carbocycles. The smallest absolute Gasteiger partial charge is 0.261 e. The summed E-state index contributed by atoms with van der Waals surface area (Å²) in [5, 5.41) is 3.35. The molecular weight excluding hydrogens is 308 g/mol. The van der Waals surface area contributed by atoms with Crippen LogP contribution in [0.1, 0.15) is 31.4 Å². The van der Waals surface area contributed by atoms with Crippen LogP contribution < -0.4 is 10.0 Å². The maximum Gasteiger partial charge on any atom is 0.261 e. The summed E-state index contributed by atoms with van der Waals surface area (Å²) in [6, 6.07) is 12.8. The molecule has 0 fully saturated rings. The first-order valence-corrected chi connectivity index (χ1v) is 9.27. The van der Waals surface area contributed by atoms with Crippen LogP contribution in [-0.2, 0) is 10.0 Å². The number of hydrogen-bond acceptors (Lipinski definition) is 3. The lowest BCUT2D eigenvalue weighted by molar-refractivity contribution is 0.601. The van der Waals surface area contributed by atoms with E-state index in [0.29, 0.717) is 11.7 Å². The van der Waals surface area contributed by atoms with Gasteiger partial charge in [-0.3, -0.25) is 4.72 Å². The molecule has 0 amide bonds. The summed E-state index contributed by atoms with van der Waals surface area (Å²) in [4.78, 5) is 0.280. The average molecular weight is 332 g/mol. The fourth-order valence-electron chi connectivity index (χ4n) is 2.12. The zero-order valence-corrected chi connectivity index (χ0v) is 14.9. The summed E-state index contributed by atoms with van der Waals surface area (Å²) in [5.74, 6) is 0. The summed E-state index contributed by atoms with van der Waals surface area (Å²) in [6.07, 6.45) is 1.03. The third kappa shape index (κ3) is 4.48. The van der Waals surface area contributed by atoms with Crippen molar-refractivity contribution in [3.63, 3.8) is 0 Å². The molecule has 0 saturated heterocycles. The number of benzene rings is 2. The molecule has 0 heterocycles. The Morgan fingerprint density at radius 1 is 0.957 bits per heavy atom. The van der Waals surface area contributed by atoms with E-state index in [1.165, 1.54) is 0 Å². The normalized spacial score (nSPS) is 12.7. The lowest BCUT2D eigenvalue weighted by Gasteiger charge is -2.14. The first-order chi connectivity index (χ1) is 10.8. The summed E-state index contributed by atoms with van der Waals surface area (Å²) in [5.41, 5.74) is 3.57. The highest BCUT2D eigenvalue weighted by molar-refractivity contribution is 7.92. The monoisotopic (exact) mass is 332 g/mol. The highest BCUT2D eigenvalue weighted by atomic mass is 32.2. The molecule has 0 spiro atoms. The van der Waals surface area contributed by atoms with E-state index < -0.39 is 10.0 Å². The van der Waals surface area contributed by atoms with E-state index in [0.717, 1.165) is 23.2 Å². The van der Waals surface area contributed by atoms with Gasteiger partial charge in [-0.2, -0.15) is 0 Å². The number of nitrogens with one attached hydrogen (secondary N) is 2. The molecule has 0 aliphatic carbocycles. The van der Waals surface area contributed by atoms with Crippen LogP contribution in [0.2, 0.25) is 0 Å². The van der Waals surface area contributed by atoms with Gasteiger partial charge in [0.05, 0.1) is 4.90 Å². The van der Waals surface area contributed by atoms with Gasteiger partial charge in [-0.25, -0.2) is 8.42 Å². The Balaban J connectivity index is 2.15. The highest BCUT2D eigenvalue weighted by Crippen LogP contribution is 2.20. The van der Waals surface area contributed by atoms with Crippen molar-refractivity contribution in [2.24, 2.45) is 0 Å². The predicted molar refractivity (Wildman–Crippen MR) is 96.5 cm³/mol. The predicted octanol–water partition coefficient (Wildman–Crippen LogP) is 4.31. The van der Waals surface area contributed by atoms with Crippen molar-refractivity contribution in [1.82, 2.24) is 0 Å². The van der Waals surface area contributed by atoms with Gasteiger partial charge in [0.2, 0.25) is 0 Å². The SMILES string of the molecule is CCC(C)Nc1ccc(NS(=O)(=O)c2ccc(C)c(C)c2)cc1. The molecule has 23 heavy (non-hydrogen) atoms. The molecule has 2 rings (SSSR count). The number of hydrogen-bond donors (Lipinski definition) is 2. The Labute approximate surface area is 139 Å². The number of anilines is 2. The van der Waals surface area contributed by atoms with Gasteiger partial charge >= 0.3 is 0 Å². The maximum atomic E-state index is 12.4. The van der Waals surface area contributed by atoms with Crippen molar-refractivity contribution in [1.29, 1.82) is 0 Å². The number of rotatable bonds is 6. The lowest BCUT2D eigenvalue weighted by Crippen LogP contribution is -2.14. The van der Waals surface area contributed by atoms with E-state index in [1.807, 2.05) is 32.0 Å². The van der Waals surface area contributed by atoms with Crippen molar-refractivity contribution in [3.05, 3.63) is 53.6 Å². The second kappa shape index (κ2) is 7.04. The molecule has 0 radical (unpaired) electrons. The molecule has 5 heteroatoms. The van der Waals surface area contributed by atoms with Crippen LogP contribution in [0.25, 0.3) is 0 Å². The second-order valence-electron chi connectivity index (χ2n) is 5.88. The first kappa shape index (κ1) is 17.3. The largest absolute Gasteiger partial charge is 0.383 e. The summed E-state index contributed by atoms with van der Waals surface area (Å²) >= 11 is 0. The second-order valence-corrected chi connectivity index (χ2v) is 7.56. The Kier molecular flexibility index (Phi) is 5.31. The van der Waals surface area contributed by atoms with Gasteiger partial charge < -0.3 is 5.32 Å². The Morgan fingerprint density at radius 3 is 2.13 bits per heavy atom. The third-order valence-electron chi connectivity index (χ3n) is 3.95. The summed E-state index contributed by atoms with van der Waals surface area (Å²) in [6.45, 7) is 8.09. The van der Waals surface area contributed by atoms with Crippen molar-refractivity contribution in [2.45, 2.75) is 45.1 Å². The van der Waals surface area contributed by atoms with E-state index in [-0.39, 0.29) is 4.90 Å². The zero-order chi connectivity index (χ0) is 17.0. The molecule has 1 atom stereocenters. The molecule has 0 bridgehead atoms. The van der Waals surface area contributed by atoms with Gasteiger partial charge in [0.1, 0.15) is 0 Å². The molecule has 2 aromatic rings. The van der Waals surface area contributed by atoms with Gasteiger partial charge in [-0.15, -0.1) is 0 Å². The van der Waals surface area contributed by atoms with Gasteiger partial charge in [0, 0.05) is 17.4 Å². The van der Waals surface area contributed by atoms with E-state index in [1.54, 1.807) is 24.3 Å². The van der Waals surface area contributed by atoms with E-state index >= 15 is 0 Å². The van der Waals surface area contributed by atoms with Crippen LogP contribution in [0.15, 0.2) is 47.4 Å². The highest BCUT2D eigenvalue weighted by Gasteiger charge is 2.14. The van der Waals surface area contributed by atoms with Gasteiger partial charge in [0.15, 0.2) is 0 Å². The minimum absolute atomic E-state index is 0.280. The van der Waals surface area contributed by atoms with Crippen LogP contribution >= 0.6 is 0 Å². The molecule has 4 nitrogen and oxygen atoms in total. The fraction of sp³-hybridized carbons (Fsp3) is 0.333. The Bertz CT molecular complexity index is 768. The van der Waals surface area contributed by atoms with Crippen molar-refractivity contribution in [3.8, 4) is 0 Å². The van der Waals surface area contributed by atoms with Crippen molar-refractivity contribution >= 4 is 21.4 Å². The van der Waals surface area contributed by atoms with Crippen molar-refractivity contribution < 1.29 is 8.42 Å². The van der Waals surface area contributed by atoms with Crippen LogP contribution in [-0.4, -0.2) is 14.5 Å². The van der Waals surface area contributed by atoms with Gasteiger partial charge in [-0.05, 0) is 74.7 Å². The first-order valence-electron chi connectivity index (χ1n) is 7.78. The fourth-order valence-corrected chi connectivity index (χ4v) is 3.26. The summed E-state index contributed by atoms with van der Waals surface area (Å²) in [7, 11) is -3.56. The maximum absolute atomic E-state index is 12.4. The molecule has 0 saturated carbocycles. The van der Waals surface area contributed by atoms with Crippen LogP contribution in [0.3, 0.4) is 0 Å². The summed E-state index contributed by atoms with van der Waals surface area (Å²) < 4.78 is 27.5. The molecule has 0 aromatic heterocycles. The van der Waals surface area contributed by atoms with Crippen LogP contribution in [0, 0.1) is 13.8 Å². The molecular formula is C18H24N2O2S. The quantitative estimate of drug-likeness (QED) is 0.828. The lowest BCUT2D eigenvalue weighted by atomic mass is 10.1. The van der Waals surface area contributed by atoms with Crippen LogP contribution in [0.5, 0.6) is 0 Å². The van der Waals surface area contributed by atoms with Crippen LogP contribution in [0.4, 0.5) is 11.4 Å². The molecule has 1 unspecified atom stereocenters. The topological polar surface area (TPSA) is 58.2 Å². The molecule has 124 valence electrons. The Morgan fingerprint density at radius 2 is 1.57 bits per heavy atom. The Hall–Kier alpha value is -2.01. The van der Waals surface area contributed by atoms with E-state index in [2.05, 4.69) is 23.9 Å². The standard InChI is InChI=1S/C18H24N2O2S/c1-5-15(4)19-16-7-9-17(10-8-16)20-23(21,22)18-11-6-13(2)14(3)12-18/h6-12,15,19-20H,5H2,1-4H3. The number of sulfonamides is 1. The number of aryl methyl sites for hydroxylation is 2. The minimum atomic E-state index is -3.56. The molecule has 0 aliphatic rings. The van der Waals surface area contributed by atoms with Gasteiger partial charge in [-0.1, -0.05) is 13.0 Å². The van der Waals surface area contributed by atoms with Gasteiger partial charge in [0.25, 0.3) is 10.0 Å².